The quantitative estimate of drug-likeness (QED) is 0.646. The molecule has 0 bridgehead atoms. The number of nitrogens with two attached hydrogens (primary N) is 1. The summed E-state index contributed by atoms with van der Waals surface area (Å²) in [6.45, 7) is 1.16. The summed E-state index contributed by atoms with van der Waals surface area (Å²) in [5.74, 6) is 4.18. The molecule has 0 aliphatic carbocycles. The molecule has 122 valence electrons. The van der Waals surface area contributed by atoms with Crippen LogP contribution in [0.25, 0.3) is 6.08 Å². The number of nitrogens with zero attached hydrogens (tertiary/aromatic N) is 2. The fraction of sp³-hybridized carbons (Fsp3) is 0.333. The van der Waals surface area contributed by atoms with Gasteiger partial charge in [-0.3, -0.25) is 4.79 Å². The molecule has 3 rings (SSSR count). The predicted molar refractivity (Wildman–Crippen MR) is 85.9 cm³/mol. The third-order valence-corrected chi connectivity index (χ3v) is 4.82. The summed E-state index contributed by atoms with van der Waals surface area (Å²) >= 11 is 1.21. The van der Waals surface area contributed by atoms with Gasteiger partial charge in [0.1, 0.15) is 11.6 Å². The first-order valence-corrected chi connectivity index (χ1v) is 7.99. The van der Waals surface area contributed by atoms with Gasteiger partial charge in [0, 0.05) is 12.1 Å². The zero-order valence-electron chi connectivity index (χ0n) is 12.2. The van der Waals surface area contributed by atoms with E-state index < -0.39 is 11.7 Å². The number of aliphatic imine (C=N–C) groups is 1. The molecule has 2 aliphatic heterocycles. The topological polar surface area (TPSA) is 88.2 Å². The van der Waals surface area contributed by atoms with E-state index in [9.17, 15) is 14.3 Å². The molecule has 3 N–H and O–H groups in total. The summed E-state index contributed by atoms with van der Waals surface area (Å²) in [6, 6.07) is 3.68. The lowest BCUT2D eigenvalue weighted by Crippen LogP contribution is -2.36. The van der Waals surface area contributed by atoms with Crippen LogP contribution in [0.1, 0.15) is 18.4 Å². The molecule has 1 aromatic carbocycles. The summed E-state index contributed by atoms with van der Waals surface area (Å²) in [5.41, 5.74) is 0.251. The van der Waals surface area contributed by atoms with E-state index in [0.29, 0.717) is 16.7 Å². The van der Waals surface area contributed by atoms with Crippen molar-refractivity contribution in [2.45, 2.75) is 18.9 Å². The number of phenolic OH excluding ortho intramolecular Hbond substituents is 1. The van der Waals surface area contributed by atoms with Crippen LogP contribution in [0.3, 0.4) is 0 Å². The Hall–Kier alpha value is -1.90. The highest BCUT2D eigenvalue weighted by Gasteiger charge is 2.33. The molecule has 2 heterocycles. The maximum Gasteiger partial charge on any atom is 0.286 e. The normalized spacial score (nSPS) is 23.0. The number of thioether (sulfide) groups is 1. The minimum absolute atomic E-state index is 0.0867. The van der Waals surface area contributed by atoms with Crippen molar-refractivity contribution in [3.8, 4) is 5.75 Å². The highest BCUT2D eigenvalue weighted by atomic mass is 32.2. The highest BCUT2D eigenvalue weighted by Crippen LogP contribution is 2.34. The molecule has 1 saturated heterocycles. The minimum Gasteiger partial charge on any atom is -0.507 e. The van der Waals surface area contributed by atoms with Crippen molar-refractivity contribution < 1.29 is 19.1 Å². The maximum absolute atomic E-state index is 13.3. The number of hydrogen-bond donors (Lipinski definition) is 2. The van der Waals surface area contributed by atoms with Crippen molar-refractivity contribution in [1.29, 1.82) is 0 Å². The van der Waals surface area contributed by atoms with Gasteiger partial charge in [-0.1, -0.05) is 0 Å². The molecule has 1 fully saturated rings. The van der Waals surface area contributed by atoms with Crippen LogP contribution in [-0.4, -0.2) is 40.3 Å². The van der Waals surface area contributed by atoms with E-state index in [2.05, 4.69) is 4.99 Å². The Morgan fingerprint density at radius 1 is 1.57 bits per heavy atom. The van der Waals surface area contributed by atoms with Gasteiger partial charge in [-0.05, 0) is 48.9 Å². The van der Waals surface area contributed by atoms with Crippen LogP contribution < -0.4 is 5.90 Å². The number of halogens is 1. The lowest BCUT2D eigenvalue weighted by molar-refractivity contribution is -0.113. The van der Waals surface area contributed by atoms with Crippen LogP contribution in [0.15, 0.2) is 28.1 Å². The Labute approximate surface area is 136 Å². The fourth-order valence-electron chi connectivity index (χ4n) is 2.67. The van der Waals surface area contributed by atoms with Gasteiger partial charge in [0.25, 0.3) is 5.91 Å². The number of benzene rings is 1. The number of aromatic hydroxyl groups is 1. The molecule has 1 aromatic rings. The van der Waals surface area contributed by atoms with Crippen LogP contribution in [0.4, 0.5) is 4.39 Å². The number of amidine groups is 1. The minimum atomic E-state index is -0.481. The van der Waals surface area contributed by atoms with Gasteiger partial charge in [-0.15, -0.1) is 0 Å². The van der Waals surface area contributed by atoms with E-state index in [1.54, 1.807) is 0 Å². The first kappa shape index (κ1) is 16.0. The number of carbonyl (C=O) groups excluding carboxylic acids is 1. The summed E-state index contributed by atoms with van der Waals surface area (Å²) in [7, 11) is 0. The summed E-state index contributed by atoms with van der Waals surface area (Å²) in [6.07, 6.45) is 3.35. The number of phenols is 1. The molecule has 0 spiro atoms. The van der Waals surface area contributed by atoms with Crippen LogP contribution in [-0.2, 0) is 9.63 Å². The second-order valence-electron chi connectivity index (χ2n) is 5.34. The van der Waals surface area contributed by atoms with Gasteiger partial charge < -0.3 is 14.8 Å². The number of carbonyl (C=O) groups is 1. The predicted octanol–water partition coefficient (Wildman–Crippen LogP) is 1.86. The van der Waals surface area contributed by atoms with Crippen molar-refractivity contribution in [2.24, 2.45) is 10.9 Å². The second-order valence-corrected chi connectivity index (χ2v) is 6.35. The molecule has 1 atom stereocenters. The Morgan fingerprint density at radius 2 is 2.39 bits per heavy atom. The van der Waals surface area contributed by atoms with Crippen LogP contribution in [0.5, 0.6) is 5.75 Å². The third-order valence-electron chi connectivity index (χ3n) is 3.80. The Kier molecular flexibility index (Phi) is 4.65. The SMILES string of the molecule is NOCC1CCCN1C1=NC(=O)/C(=C/c2cc(F)ccc2O)S1. The zero-order valence-corrected chi connectivity index (χ0v) is 13.1. The molecule has 1 unspecified atom stereocenters. The van der Waals surface area contributed by atoms with E-state index in [4.69, 9.17) is 10.7 Å². The van der Waals surface area contributed by atoms with Crippen molar-refractivity contribution in [1.82, 2.24) is 4.90 Å². The van der Waals surface area contributed by atoms with Gasteiger partial charge >= 0.3 is 0 Å². The summed E-state index contributed by atoms with van der Waals surface area (Å²) in [4.78, 5) is 23.2. The molecule has 0 radical (unpaired) electrons. The maximum atomic E-state index is 13.3. The van der Waals surface area contributed by atoms with Crippen molar-refractivity contribution in [2.75, 3.05) is 13.2 Å². The molecule has 8 heteroatoms. The first-order chi connectivity index (χ1) is 11.1. The van der Waals surface area contributed by atoms with E-state index in [1.165, 1.54) is 30.0 Å². The van der Waals surface area contributed by atoms with E-state index in [-0.39, 0.29) is 17.4 Å². The fourth-order valence-corrected chi connectivity index (χ4v) is 3.68. The summed E-state index contributed by atoms with van der Waals surface area (Å²) in [5, 5.41) is 10.4. The largest absolute Gasteiger partial charge is 0.507 e. The van der Waals surface area contributed by atoms with Crippen LogP contribution in [0.2, 0.25) is 0 Å². The molecule has 6 nitrogen and oxygen atoms in total. The number of rotatable bonds is 3. The van der Waals surface area contributed by atoms with E-state index in [1.807, 2.05) is 4.90 Å². The Balaban J connectivity index is 1.80. The molecule has 0 aromatic heterocycles. The van der Waals surface area contributed by atoms with Gasteiger partial charge in [0.05, 0.1) is 17.6 Å². The average molecular weight is 337 g/mol. The Bertz CT molecular complexity index is 693. The van der Waals surface area contributed by atoms with Crippen LogP contribution in [0, 0.1) is 5.82 Å². The molecule has 0 saturated carbocycles. The Morgan fingerprint density at radius 3 is 3.17 bits per heavy atom. The molecule has 23 heavy (non-hydrogen) atoms. The lowest BCUT2D eigenvalue weighted by atomic mass is 10.2. The van der Waals surface area contributed by atoms with E-state index in [0.717, 1.165) is 25.5 Å². The van der Waals surface area contributed by atoms with Gasteiger partial charge in [0.2, 0.25) is 0 Å². The lowest BCUT2D eigenvalue weighted by Gasteiger charge is -2.24. The standard InChI is InChI=1S/C15H16FN3O3S/c16-10-3-4-12(20)9(6-10)7-13-14(21)18-15(23-13)19-5-1-2-11(19)8-22-17/h3-4,6-7,11,20H,1-2,5,8,17H2/b13-7-. The van der Waals surface area contributed by atoms with Gasteiger partial charge in [-0.2, -0.15) is 4.99 Å². The number of hydrogen-bond acceptors (Lipinski definition) is 6. The zero-order chi connectivity index (χ0) is 16.4. The first-order valence-electron chi connectivity index (χ1n) is 7.18. The van der Waals surface area contributed by atoms with Crippen molar-refractivity contribution >= 4 is 28.9 Å². The van der Waals surface area contributed by atoms with Crippen molar-refractivity contribution in [3.05, 3.63) is 34.5 Å². The number of amides is 1. The van der Waals surface area contributed by atoms with Crippen molar-refractivity contribution in [3.63, 3.8) is 0 Å². The smallest absolute Gasteiger partial charge is 0.286 e. The van der Waals surface area contributed by atoms with Gasteiger partial charge in [0.15, 0.2) is 5.17 Å². The third kappa shape index (κ3) is 3.39. The monoisotopic (exact) mass is 337 g/mol. The molecular weight excluding hydrogens is 321 g/mol. The van der Waals surface area contributed by atoms with E-state index >= 15 is 0 Å². The highest BCUT2D eigenvalue weighted by molar-refractivity contribution is 8.18. The average Bonchev–Trinajstić information content (AvgIpc) is 3.11. The molecular formula is C15H16FN3O3S. The molecule has 1 amide bonds. The number of likely N-dealkylation sites (tertiary alicyclic amines) is 1. The van der Waals surface area contributed by atoms with Gasteiger partial charge in [-0.25, -0.2) is 10.3 Å². The van der Waals surface area contributed by atoms with Crippen LogP contribution >= 0.6 is 11.8 Å². The summed E-state index contributed by atoms with van der Waals surface area (Å²) < 4.78 is 13.3. The molecule has 2 aliphatic rings. The second kappa shape index (κ2) is 6.69.